The summed E-state index contributed by atoms with van der Waals surface area (Å²) in [6, 6.07) is 6.71. The summed E-state index contributed by atoms with van der Waals surface area (Å²) in [7, 11) is 0. The van der Waals surface area contributed by atoms with Crippen LogP contribution >= 0.6 is 0 Å². The van der Waals surface area contributed by atoms with Crippen LogP contribution in [0.5, 0.6) is 0 Å². The van der Waals surface area contributed by atoms with Crippen molar-refractivity contribution in [2.75, 3.05) is 5.32 Å². The highest BCUT2D eigenvalue weighted by Crippen LogP contribution is 2.13. The van der Waals surface area contributed by atoms with Crippen LogP contribution in [-0.2, 0) is 4.79 Å². The Morgan fingerprint density at radius 3 is 2.44 bits per heavy atom. The van der Waals surface area contributed by atoms with Crippen LogP contribution in [0.15, 0.2) is 36.7 Å². The second-order valence-corrected chi connectivity index (χ2v) is 3.81. The molecule has 1 heterocycles. The van der Waals surface area contributed by atoms with E-state index in [1.165, 1.54) is 4.80 Å². The molecule has 2 N–H and O–H groups in total. The van der Waals surface area contributed by atoms with Gasteiger partial charge in [0.2, 0.25) is 0 Å². The van der Waals surface area contributed by atoms with E-state index in [1.807, 2.05) is 31.2 Å². The van der Waals surface area contributed by atoms with Gasteiger partial charge in [0.15, 0.2) is 0 Å². The molecule has 0 aliphatic rings. The number of carboxylic acids is 1. The average molecular weight is 246 g/mol. The second-order valence-electron chi connectivity index (χ2n) is 3.81. The number of aromatic nitrogens is 3. The molecule has 2 rings (SSSR count). The van der Waals surface area contributed by atoms with Crippen molar-refractivity contribution < 1.29 is 9.90 Å². The molecule has 1 aromatic carbocycles. The van der Waals surface area contributed by atoms with Gasteiger partial charge in [-0.1, -0.05) is 6.92 Å². The molecule has 0 fully saturated rings. The minimum Gasteiger partial charge on any atom is -0.480 e. The van der Waals surface area contributed by atoms with E-state index < -0.39 is 12.0 Å². The third kappa shape index (κ3) is 2.65. The number of carboxylic acid groups (broad SMARTS) is 1. The van der Waals surface area contributed by atoms with Crippen LogP contribution in [0.3, 0.4) is 0 Å². The molecule has 94 valence electrons. The fraction of sp³-hybridized carbons (Fsp3) is 0.250. The third-order valence-corrected chi connectivity index (χ3v) is 2.56. The van der Waals surface area contributed by atoms with Crippen LogP contribution in [0.25, 0.3) is 5.69 Å². The van der Waals surface area contributed by atoms with Crippen LogP contribution in [-0.4, -0.2) is 32.1 Å². The first-order chi connectivity index (χ1) is 8.70. The second kappa shape index (κ2) is 5.31. The first-order valence-electron chi connectivity index (χ1n) is 5.67. The number of hydrogen-bond donors (Lipinski definition) is 2. The van der Waals surface area contributed by atoms with E-state index in [-0.39, 0.29) is 0 Å². The van der Waals surface area contributed by atoms with Gasteiger partial charge in [-0.05, 0) is 30.7 Å². The van der Waals surface area contributed by atoms with Crippen LogP contribution in [0.2, 0.25) is 0 Å². The van der Waals surface area contributed by atoms with E-state index in [1.54, 1.807) is 12.4 Å². The number of hydrogen-bond acceptors (Lipinski definition) is 4. The molecule has 0 spiro atoms. The Hall–Kier alpha value is -2.37. The summed E-state index contributed by atoms with van der Waals surface area (Å²) in [4.78, 5) is 12.4. The molecule has 0 aliphatic carbocycles. The minimum atomic E-state index is -0.852. The zero-order valence-corrected chi connectivity index (χ0v) is 9.95. The van der Waals surface area contributed by atoms with Crippen LogP contribution in [0, 0.1) is 0 Å². The Kier molecular flexibility index (Phi) is 3.57. The minimum absolute atomic E-state index is 0.526. The predicted octanol–water partition coefficient (Wildman–Crippen LogP) is 1.54. The van der Waals surface area contributed by atoms with Gasteiger partial charge in [-0.3, -0.25) is 0 Å². The standard InChI is InChI=1S/C12H14N4O2/c1-2-11(12(17)18)15-9-3-5-10(6-4-9)16-13-7-8-14-16/h3-8,11,15H,2H2,1H3,(H,17,18). The average Bonchev–Trinajstić information content (AvgIpc) is 2.90. The summed E-state index contributed by atoms with van der Waals surface area (Å²) < 4.78 is 0. The smallest absolute Gasteiger partial charge is 0.326 e. The molecule has 0 aliphatic heterocycles. The lowest BCUT2D eigenvalue weighted by atomic mass is 10.2. The maximum Gasteiger partial charge on any atom is 0.326 e. The Morgan fingerprint density at radius 1 is 1.33 bits per heavy atom. The zero-order valence-electron chi connectivity index (χ0n) is 9.95. The van der Waals surface area contributed by atoms with Gasteiger partial charge in [-0.15, -0.1) is 0 Å². The van der Waals surface area contributed by atoms with Gasteiger partial charge in [0.25, 0.3) is 0 Å². The van der Waals surface area contributed by atoms with Crippen molar-refractivity contribution in [3.8, 4) is 5.69 Å². The highest BCUT2D eigenvalue weighted by Gasteiger charge is 2.13. The fourth-order valence-electron chi connectivity index (χ4n) is 1.58. The third-order valence-electron chi connectivity index (χ3n) is 2.56. The van der Waals surface area contributed by atoms with Crippen molar-refractivity contribution in [1.82, 2.24) is 15.0 Å². The molecule has 0 bridgehead atoms. The van der Waals surface area contributed by atoms with E-state index in [0.29, 0.717) is 6.42 Å². The molecule has 0 saturated heterocycles. The van der Waals surface area contributed by atoms with E-state index in [9.17, 15) is 4.79 Å². The molecular weight excluding hydrogens is 232 g/mol. The zero-order chi connectivity index (χ0) is 13.0. The maximum atomic E-state index is 10.9. The highest BCUT2D eigenvalue weighted by atomic mass is 16.4. The van der Waals surface area contributed by atoms with E-state index in [2.05, 4.69) is 15.5 Å². The molecule has 1 atom stereocenters. The van der Waals surface area contributed by atoms with E-state index in [0.717, 1.165) is 11.4 Å². The molecule has 6 nitrogen and oxygen atoms in total. The molecule has 0 saturated carbocycles. The molecule has 1 aromatic heterocycles. The number of rotatable bonds is 5. The monoisotopic (exact) mass is 246 g/mol. The molecule has 0 amide bonds. The lowest BCUT2D eigenvalue weighted by Crippen LogP contribution is -2.28. The van der Waals surface area contributed by atoms with Crippen molar-refractivity contribution in [2.45, 2.75) is 19.4 Å². The van der Waals surface area contributed by atoms with Crippen molar-refractivity contribution >= 4 is 11.7 Å². The Bertz CT molecular complexity index is 507. The van der Waals surface area contributed by atoms with Crippen LogP contribution in [0.4, 0.5) is 5.69 Å². The number of nitrogens with zero attached hydrogens (tertiary/aromatic N) is 3. The Morgan fingerprint density at radius 2 is 1.94 bits per heavy atom. The maximum absolute atomic E-state index is 10.9. The van der Waals surface area contributed by atoms with E-state index >= 15 is 0 Å². The first-order valence-corrected chi connectivity index (χ1v) is 5.67. The Balaban J connectivity index is 2.10. The summed E-state index contributed by atoms with van der Waals surface area (Å²) in [5, 5.41) is 19.9. The van der Waals surface area contributed by atoms with Gasteiger partial charge in [-0.25, -0.2) is 4.79 Å². The van der Waals surface area contributed by atoms with Crippen molar-refractivity contribution in [3.63, 3.8) is 0 Å². The van der Waals surface area contributed by atoms with Gasteiger partial charge >= 0.3 is 5.97 Å². The molecule has 0 radical (unpaired) electrons. The summed E-state index contributed by atoms with van der Waals surface area (Å²) >= 11 is 0. The van der Waals surface area contributed by atoms with Crippen molar-refractivity contribution in [1.29, 1.82) is 0 Å². The summed E-state index contributed by atoms with van der Waals surface area (Å²) in [5.74, 6) is -0.852. The number of aliphatic carboxylic acids is 1. The fourth-order valence-corrected chi connectivity index (χ4v) is 1.58. The van der Waals surface area contributed by atoms with Gasteiger partial charge in [-0.2, -0.15) is 15.0 Å². The molecule has 18 heavy (non-hydrogen) atoms. The molecule has 1 unspecified atom stereocenters. The summed E-state index contributed by atoms with van der Waals surface area (Å²) in [6.45, 7) is 1.83. The van der Waals surface area contributed by atoms with Gasteiger partial charge < -0.3 is 10.4 Å². The predicted molar refractivity (Wildman–Crippen MR) is 66.7 cm³/mol. The Labute approximate surface area is 104 Å². The van der Waals surface area contributed by atoms with Crippen molar-refractivity contribution in [3.05, 3.63) is 36.7 Å². The number of anilines is 1. The van der Waals surface area contributed by atoms with E-state index in [4.69, 9.17) is 5.11 Å². The molecule has 2 aromatic rings. The summed E-state index contributed by atoms with van der Waals surface area (Å²) in [6.07, 6.45) is 3.73. The van der Waals surface area contributed by atoms with Gasteiger partial charge in [0.1, 0.15) is 6.04 Å². The summed E-state index contributed by atoms with van der Waals surface area (Å²) in [5.41, 5.74) is 1.59. The SMILES string of the molecule is CCC(Nc1ccc(-n2nccn2)cc1)C(=O)O. The highest BCUT2D eigenvalue weighted by molar-refractivity contribution is 5.77. The lowest BCUT2D eigenvalue weighted by Gasteiger charge is -2.13. The lowest BCUT2D eigenvalue weighted by molar-refractivity contribution is -0.137. The van der Waals surface area contributed by atoms with Crippen LogP contribution in [0.1, 0.15) is 13.3 Å². The van der Waals surface area contributed by atoms with Gasteiger partial charge in [0.05, 0.1) is 18.1 Å². The first kappa shape index (κ1) is 12.1. The largest absolute Gasteiger partial charge is 0.480 e. The van der Waals surface area contributed by atoms with Crippen molar-refractivity contribution in [2.24, 2.45) is 0 Å². The van der Waals surface area contributed by atoms with Crippen LogP contribution < -0.4 is 5.32 Å². The number of carbonyl (C=O) groups is 1. The number of nitrogens with one attached hydrogen (secondary N) is 1. The normalized spacial score (nSPS) is 12.1. The molecular formula is C12H14N4O2. The number of benzene rings is 1. The quantitative estimate of drug-likeness (QED) is 0.836. The molecule has 6 heteroatoms. The van der Waals surface area contributed by atoms with Gasteiger partial charge in [0, 0.05) is 5.69 Å². The topological polar surface area (TPSA) is 80.0 Å².